The van der Waals surface area contributed by atoms with Gasteiger partial charge in [-0.2, -0.15) is 5.10 Å². The second kappa shape index (κ2) is 8.76. The van der Waals surface area contributed by atoms with E-state index < -0.39 is 0 Å². The Kier molecular flexibility index (Phi) is 5.64. The molecule has 0 aliphatic carbocycles. The molecule has 0 radical (unpaired) electrons. The molecule has 0 fully saturated rings. The molecule has 0 aliphatic heterocycles. The van der Waals surface area contributed by atoms with Crippen LogP contribution in [0.5, 0.6) is 0 Å². The number of H-pyrrole nitrogens is 2. The van der Waals surface area contributed by atoms with Crippen LogP contribution in [0.4, 0.5) is 0 Å². The molecule has 0 amide bonds. The SMILES string of the molecule is C=C/C(C)=C\C(=C/C)c1cc2c(-c3cc4c(-c5ccc(C(=C)C)s5)cccc4[nH]3)n[nH]c2cn1. The number of hydrogen-bond donors (Lipinski definition) is 2. The summed E-state index contributed by atoms with van der Waals surface area (Å²) in [5.41, 5.74) is 9.19. The van der Waals surface area contributed by atoms with Crippen molar-refractivity contribution in [1.29, 1.82) is 0 Å². The van der Waals surface area contributed by atoms with Gasteiger partial charge >= 0.3 is 0 Å². The Morgan fingerprint density at radius 1 is 1.06 bits per heavy atom. The van der Waals surface area contributed by atoms with Crippen LogP contribution >= 0.6 is 11.3 Å². The van der Waals surface area contributed by atoms with Gasteiger partial charge in [0.1, 0.15) is 5.69 Å². The minimum atomic E-state index is 0.884. The fraction of sp³-hybridized carbons (Fsp3) is 0.103. The monoisotopic (exact) mass is 462 g/mol. The van der Waals surface area contributed by atoms with Crippen LogP contribution in [-0.4, -0.2) is 20.2 Å². The van der Waals surface area contributed by atoms with Gasteiger partial charge in [0.25, 0.3) is 0 Å². The van der Waals surface area contributed by atoms with Crippen LogP contribution in [0.3, 0.4) is 0 Å². The van der Waals surface area contributed by atoms with E-state index >= 15 is 0 Å². The Balaban J connectivity index is 1.62. The molecule has 4 heterocycles. The van der Waals surface area contributed by atoms with Gasteiger partial charge in [0.2, 0.25) is 0 Å². The van der Waals surface area contributed by atoms with E-state index in [0.717, 1.165) is 50.2 Å². The van der Waals surface area contributed by atoms with Gasteiger partial charge in [-0.3, -0.25) is 10.1 Å². The van der Waals surface area contributed by atoms with E-state index in [9.17, 15) is 0 Å². The molecule has 4 aromatic heterocycles. The lowest BCUT2D eigenvalue weighted by Gasteiger charge is -2.03. The summed E-state index contributed by atoms with van der Waals surface area (Å²) >= 11 is 1.77. The first kappa shape index (κ1) is 21.9. The maximum Gasteiger partial charge on any atom is 0.116 e. The molecular formula is C29H26N4S. The highest BCUT2D eigenvalue weighted by molar-refractivity contribution is 7.16. The van der Waals surface area contributed by atoms with Crippen molar-refractivity contribution in [3.8, 4) is 21.8 Å². The van der Waals surface area contributed by atoms with Crippen molar-refractivity contribution in [2.75, 3.05) is 0 Å². The zero-order valence-corrected chi connectivity index (χ0v) is 20.4. The van der Waals surface area contributed by atoms with Gasteiger partial charge in [0.15, 0.2) is 0 Å². The highest BCUT2D eigenvalue weighted by atomic mass is 32.1. The summed E-state index contributed by atoms with van der Waals surface area (Å²) < 4.78 is 0. The lowest BCUT2D eigenvalue weighted by Crippen LogP contribution is -1.88. The minimum absolute atomic E-state index is 0.884. The number of allylic oxidation sites excluding steroid dienone is 6. The number of thiophene rings is 1. The molecule has 5 aromatic rings. The molecule has 0 atom stereocenters. The summed E-state index contributed by atoms with van der Waals surface area (Å²) in [7, 11) is 0. The van der Waals surface area contributed by atoms with Crippen LogP contribution in [0.15, 0.2) is 85.6 Å². The summed E-state index contributed by atoms with van der Waals surface area (Å²) in [6.45, 7) is 14.0. The van der Waals surface area contributed by atoms with Gasteiger partial charge in [0.05, 0.1) is 23.1 Å². The number of nitrogens with zero attached hydrogens (tertiary/aromatic N) is 2. The van der Waals surface area contributed by atoms with E-state index in [1.165, 1.54) is 20.7 Å². The fourth-order valence-corrected chi connectivity index (χ4v) is 5.07. The summed E-state index contributed by atoms with van der Waals surface area (Å²) in [4.78, 5) is 10.7. The lowest BCUT2D eigenvalue weighted by molar-refractivity contribution is 1.11. The Morgan fingerprint density at radius 3 is 2.65 bits per heavy atom. The average Bonchev–Trinajstić information content (AvgIpc) is 3.59. The van der Waals surface area contributed by atoms with Crippen LogP contribution in [0, 0.1) is 0 Å². The molecule has 0 bridgehead atoms. The molecule has 34 heavy (non-hydrogen) atoms. The van der Waals surface area contributed by atoms with Crippen molar-refractivity contribution in [3.63, 3.8) is 0 Å². The first-order valence-corrected chi connectivity index (χ1v) is 12.0. The predicted octanol–water partition coefficient (Wildman–Crippen LogP) is 8.40. The van der Waals surface area contributed by atoms with E-state index in [-0.39, 0.29) is 0 Å². The number of pyridine rings is 1. The van der Waals surface area contributed by atoms with Crippen LogP contribution in [0.1, 0.15) is 31.3 Å². The smallest absolute Gasteiger partial charge is 0.116 e. The van der Waals surface area contributed by atoms with Crippen LogP contribution < -0.4 is 0 Å². The molecule has 4 nitrogen and oxygen atoms in total. The Hall–Kier alpha value is -3.96. The maximum atomic E-state index is 4.65. The van der Waals surface area contributed by atoms with Gasteiger partial charge in [-0.1, -0.05) is 49.1 Å². The fourth-order valence-electron chi connectivity index (χ4n) is 4.10. The number of benzene rings is 1. The Labute approximate surface area is 203 Å². The second-order valence-corrected chi connectivity index (χ2v) is 9.50. The number of aromatic amines is 2. The molecule has 0 aliphatic rings. The Morgan fingerprint density at radius 2 is 1.91 bits per heavy atom. The van der Waals surface area contributed by atoms with Crippen LogP contribution in [-0.2, 0) is 0 Å². The number of nitrogens with one attached hydrogen (secondary N) is 2. The van der Waals surface area contributed by atoms with Crippen molar-refractivity contribution in [2.45, 2.75) is 20.8 Å². The van der Waals surface area contributed by atoms with Crippen molar-refractivity contribution in [3.05, 3.63) is 96.2 Å². The van der Waals surface area contributed by atoms with E-state index in [4.69, 9.17) is 0 Å². The molecule has 2 N–H and O–H groups in total. The number of rotatable bonds is 6. The molecule has 1 aromatic carbocycles. The van der Waals surface area contributed by atoms with E-state index in [0.29, 0.717) is 0 Å². The molecule has 0 unspecified atom stereocenters. The number of aromatic nitrogens is 4. The standard InChI is InChI=1S/C29H26N4S/c1-6-18(5)13-19(7-2)24-15-22-26(16-30-24)32-33-29(22)25-14-21-20(9-8-10-23(21)31-25)28-12-11-27(34-28)17(3)4/h6-16,31H,1,3H2,2,4-5H3,(H,32,33)/b18-13-,19-7+. The minimum Gasteiger partial charge on any atom is -0.353 e. The van der Waals surface area contributed by atoms with Crippen LogP contribution in [0.2, 0.25) is 0 Å². The predicted molar refractivity (Wildman–Crippen MR) is 147 cm³/mol. The van der Waals surface area contributed by atoms with Gasteiger partial charge in [-0.25, -0.2) is 0 Å². The van der Waals surface area contributed by atoms with E-state index in [1.807, 2.05) is 33.0 Å². The number of hydrogen-bond acceptors (Lipinski definition) is 3. The average molecular weight is 463 g/mol. The quantitative estimate of drug-likeness (QED) is 0.249. The third-order valence-corrected chi connectivity index (χ3v) is 7.25. The van der Waals surface area contributed by atoms with Gasteiger partial charge in [0, 0.05) is 31.6 Å². The molecule has 168 valence electrons. The molecule has 5 rings (SSSR count). The third kappa shape index (κ3) is 3.84. The molecule has 0 saturated carbocycles. The maximum absolute atomic E-state index is 4.65. The highest BCUT2D eigenvalue weighted by Crippen LogP contribution is 2.38. The topological polar surface area (TPSA) is 57.4 Å². The zero-order valence-electron chi connectivity index (χ0n) is 19.6. The first-order chi connectivity index (χ1) is 16.5. The van der Waals surface area contributed by atoms with Gasteiger partial charge < -0.3 is 4.98 Å². The van der Waals surface area contributed by atoms with Gasteiger partial charge in [-0.15, -0.1) is 11.3 Å². The zero-order chi connectivity index (χ0) is 23.8. The molecule has 0 spiro atoms. The molecule has 5 heteroatoms. The third-order valence-electron chi connectivity index (χ3n) is 5.97. The summed E-state index contributed by atoms with van der Waals surface area (Å²) in [5, 5.41) is 9.98. The summed E-state index contributed by atoms with van der Waals surface area (Å²) in [5.74, 6) is 0. The van der Waals surface area contributed by atoms with Crippen molar-refractivity contribution in [2.24, 2.45) is 0 Å². The molecular weight excluding hydrogens is 436 g/mol. The van der Waals surface area contributed by atoms with Crippen LogP contribution in [0.25, 0.3) is 54.8 Å². The summed E-state index contributed by atoms with van der Waals surface area (Å²) in [6.07, 6.45) is 7.85. The number of fused-ring (bicyclic) bond motifs is 2. The largest absolute Gasteiger partial charge is 0.353 e. The Bertz CT molecular complexity index is 1620. The second-order valence-electron chi connectivity index (χ2n) is 8.42. The first-order valence-electron chi connectivity index (χ1n) is 11.2. The van der Waals surface area contributed by atoms with E-state index in [2.05, 4.69) is 87.9 Å². The summed E-state index contributed by atoms with van der Waals surface area (Å²) in [6, 6.07) is 15.0. The van der Waals surface area contributed by atoms with Crippen molar-refractivity contribution in [1.82, 2.24) is 20.2 Å². The van der Waals surface area contributed by atoms with Crippen molar-refractivity contribution < 1.29 is 0 Å². The van der Waals surface area contributed by atoms with Gasteiger partial charge in [-0.05, 0) is 62.2 Å². The highest BCUT2D eigenvalue weighted by Gasteiger charge is 2.15. The normalized spacial score (nSPS) is 12.6. The molecule has 0 saturated heterocycles. The van der Waals surface area contributed by atoms with E-state index in [1.54, 1.807) is 11.3 Å². The van der Waals surface area contributed by atoms with Crippen molar-refractivity contribution >= 4 is 44.3 Å². The lowest BCUT2D eigenvalue weighted by atomic mass is 10.1.